The summed E-state index contributed by atoms with van der Waals surface area (Å²) in [7, 11) is 0. The summed E-state index contributed by atoms with van der Waals surface area (Å²) in [6, 6.07) is 0. The van der Waals surface area contributed by atoms with Gasteiger partial charge in [-0.3, -0.25) is 4.79 Å². The molecule has 6 saturated carbocycles. The molecule has 0 aromatic rings. The molecule has 406 valence electrons. The molecule has 14 nitrogen and oxygen atoms in total. The molecule has 2 bridgehead atoms. The van der Waals surface area contributed by atoms with Crippen LogP contribution in [0.5, 0.6) is 0 Å². The summed E-state index contributed by atoms with van der Waals surface area (Å²) in [5.41, 5.74) is -4.12. The molecule has 2 aliphatic heterocycles. The topological polar surface area (TPSA) is 258 Å². The summed E-state index contributed by atoms with van der Waals surface area (Å²) in [5.74, 6) is -2.17. The number of ether oxygens (including phenoxy) is 1. The lowest BCUT2D eigenvalue weighted by Gasteiger charge is -2.74. The first-order chi connectivity index (χ1) is 34.7. The van der Waals surface area contributed by atoms with E-state index in [-0.39, 0.29) is 87.5 Å². The Hall–Kier alpha value is -2.47. The highest BCUT2D eigenvalue weighted by Crippen LogP contribution is 2.83. The Labute approximate surface area is 432 Å². The van der Waals surface area contributed by atoms with Crippen LogP contribution in [0.25, 0.3) is 0 Å². The van der Waals surface area contributed by atoms with Gasteiger partial charge in [-0.25, -0.2) is 0 Å². The number of hydrogen-bond acceptors (Lipinski definition) is 14. The minimum absolute atomic E-state index is 0.0227. The van der Waals surface area contributed by atoms with Gasteiger partial charge in [0.15, 0.2) is 5.78 Å². The molecule has 10 aliphatic carbocycles. The highest BCUT2D eigenvalue weighted by molar-refractivity contribution is 6.01. The van der Waals surface area contributed by atoms with Crippen LogP contribution < -0.4 is 16.4 Å². The molecule has 20 unspecified atom stereocenters. The third-order valence-electron chi connectivity index (χ3n) is 22.7. The fraction of sp³-hybridized carbons (Fsp3) is 0.814. The van der Waals surface area contributed by atoms with Gasteiger partial charge in [0.05, 0.1) is 70.7 Å². The molecule has 12 rings (SSSR count). The average Bonchev–Trinajstić information content (AvgIpc) is 3.67. The zero-order valence-electron chi connectivity index (χ0n) is 43.9. The van der Waals surface area contributed by atoms with Crippen LogP contribution in [-0.2, 0) is 9.53 Å². The van der Waals surface area contributed by atoms with E-state index in [4.69, 9.17) is 10.5 Å². The lowest BCUT2D eigenvalue weighted by molar-refractivity contribution is -0.285. The normalized spacial score (nSPS) is 49.4. The zero-order valence-corrected chi connectivity index (χ0v) is 43.9. The zero-order chi connectivity index (χ0) is 51.7. The molecular formula is C59H89N3O11. The van der Waals surface area contributed by atoms with E-state index in [1.807, 2.05) is 24.3 Å². The molecule has 0 aromatic heterocycles. The van der Waals surface area contributed by atoms with Gasteiger partial charge in [0.25, 0.3) is 0 Å². The number of nitrogens with two attached hydrogens (primary N) is 1. The van der Waals surface area contributed by atoms with Gasteiger partial charge >= 0.3 is 0 Å². The number of ketones is 1. The van der Waals surface area contributed by atoms with Crippen LogP contribution in [0.4, 0.5) is 0 Å². The van der Waals surface area contributed by atoms with Crippen molar-refractivity contribution in [3.8, 4) is 0 Å². The maximum atomic E-state index is 16.1. The molecule has 0 amide bonds. The van der Waals surface area contributed by atoms with E-state index in [1.54, 1.807) is 13.8 Å². The van der Waals surface area contributed by atoms with E-state index < -0.39 is 98.5 Å². The quantitative estimate of drug-likeness (QED) is 0.118. The summed E-state index contributed by atoms with van der Waals surface area (Å²) in [6.07, 6.45) is 18.9. The Morgan fingerprint density at radius 1 is 0.918 bits per heavy atom. The molecule has 7 fully saturated rings. The van der Waals surface area contributed by atoms with Crippen LogP contribution in [0, 0.1) is 57.2 Å². The number of carbonyl (C=O) groups excluding carboxylic acids is 1. The van der Waals surface area contributed by atoms with Crippen LogP contribution in [0.1, 0.15) is 162 Å². The fourth-order valence-corrected chi connectivity index (χ4v) is 19.8. The van der Waals surface area contributed by atoms with Crippen molar-refractivity contribution in [1.29, 1.82) is 0 Å². The second-order valence-electron chi connectivity index (χ2n) is 26.2. The van der Waals surface area contributed by atoms with E-state index in [9.17, 15) is 46.0 Å². The Balaban J connectivity index is 1.14. The number of fused-ring (bicyclic) bond motifs is 5. The highest BCUT2D eigenvalue weighted by Gasteiger charge is 2.85. The van der Waals surface area contributed by atoms with Crippen molar-refractivity contribution in [3.63, 3.8) is 0 Å². The average molecular weight is 1020 g/mol. The van der Waals surface area contributed by atoms with E-state index in [0.29, 0.717) is 50.0 Å². The molecular weight excluding hydrogens is 927 g/mol. The van der Waals surface area contributed by atoms with E-state index >= 15 is 4.79 Å². The fourth-order valence-electron chi connectivity index (χ4n) is 19.8. The van der Waals surface area contributed by atoms with Crippen molar-refractivity contribution in [2.24, 2.45) is 62.9 Å². The maximum Gasteiger partial charge on any atom is 0.182 e. The molecule has 20 atom stereocenters. The number of aliphatic hydroxyl groups is 9. The number of hydrogen-bond donors (Lipinski definition) is 12. The van der Waals surface area contributed by atoms with E-state index in [0.717, 1.165) is 69.1 Å². The van der Waals surface area contributed by atoms with Crippen LogP contribution in [0.15, 0.2) is 59.0 Å². The molecule has 1 saturated heterocycles. The van der Waals surface area contributed by atoms with Gasteiger partial charge in [-0.2, -0.15) is 0 Å². The first-order valence-electron chi connectivity index (χ1n) is 29.0. The Bertz CT molecular complexity index is 2310. The summed E-state index contributed by atoms with van der Waals surface area (Å²) in [5, 5.41) is 122. The Kier molecular flexibility index (Phi) is 13.4. The molecule has 13 N–H and O–H groups in total. The molecule has 0 aromatic carbocycles. The molecule has 12 aliphatic rings. The summed E-state index contributed by atoms with van der Waals surface area (Å²) < 4.78 is 7.15. The predicted molar refractivity (Wildman–Crippen MR) is 274 cm³/mol. The summed E-state index contributed by atoms with van der Waals surface area (Å²) in [6.45, 7) is 5.51. The first kappa shape index (κ1) is 52.6. The minimum atomic E-state index is -1.94. The number of aliphatic hydroxyl groups excluding tert-OH is 5. The second kappa shape index (κ2) is 18.6. The van der Waals surface area contributed by atoms with Crippen LogP contribution in [-0.4, -0.2) is 130 Å². The lowest BCUT2D eigenvalue weighted by Crippen LogP contribution is -2.78. The molecule has 14 heteroatoms. The Morgan fingerprint density at radius 3 is 2.41 bits per heavy atom. The van der Waals surface area contributed by atoms with Gasteiger partial charge in [-0.05, 0) is 152 Å². The second-order valence-corrected chi connectivity index (χ2v) is 26.2. The van der Waals surface area contributed by atoms with Gasteiger partial charge in [0.1, 0.15) is 5.60 Å². The smallest absolute Gasteiger partial charge is 0.182 e. The Morgan fingerprint density at radius 2 is 1.67 bits per heavy atom. The lowest BCUT2D eigenvalue weighted by atomic mass is 9.31. The summed E-state index contributed by atoms with van der Waals surface area (Å²) >= 11 is 0. The third kappa shape index (κ3) is 7.29. The molecule has 0 radical (unpaired) electrons. The first-order valence-corrected chi connectivity index (χ1v) is 29.0. The largest absolute Gasteiger partial charge is 0.396 e. The maximum absolute atomic E-state index is 16.1. The van der Waals surface area contributed by atoms with Gasteiger partial charge in [-0.15, -0.1) is 0 Å². The van der Waals surface area contributed by atoms with Crippen molar-refractivity contribution in [2.45, 2.75) is 227 Å². The van der Waals surface area contributed by atoms with Gasteiger partial charge in [0.2, 0.25) is 0 Å². The SMILES string of the molecule is CCCC1CCC2OC3C(C(O)CCCC3(O)C(C)(O)C3CCC4(O)C5=C(NCC(C)O)C(=O)C6CC(O)C(O)CC67CC6(C8=C(CCCO)NC(N)C=C8)C=CC(O)(CC34C3CCCCC3)C57C=C6)C2CC1. The van der Waals surface area contributed by atoms with Crippen molar-refractivity contribution < 1.29 is 55.5 Å². The van der Waals surface area contributed by atoms with Crippen molar-refractivity contribution in [1.82, 2.24) is 10.6 Å². The predicted octanol–water partition coefficient (Wildman–Crippen LogP) is 4.74. The van der Waals surface area contributed by atoms with Crippen molar-refractivity contribution in [3.05, 3.63) is 59.0 Å². The van der Waals surface area contributed by atoms with Gasteiger partial charge in [-0.1, -0.05) is 75.8 Å². The van der Waals surface area contributed by atoms with Crippen molar-refractivity contribution in [2.75, 3.05) is 13.2 Å². The van der Waals surface area contributed by atoms with E-state index in [1.165, 1.54) is 0 Å². The highest BCUT2D eigenvalue weighted by atomic mass is 16.5. The number of Topliss-reactive ketones (excluding diaryl/α,β-unsaturated/α-hetero) is 1. The van der Waals surface area contributed by atoms with Crippen LogP contribution >= 0.6 is 0 Å². The monoisotopic (exact) mass is 1020 g/mol. The van der Waals surface area contributed by atoms with Gasteiger partial charge < -0.3 is 67.1 Å². The molecule has 2 spiro atoms. The van der Waals surface area contributed by atoms with E-state index in [2.05, 4.69) is 29.7 Å². The van der Waals surface area contributed by atoms with Crippen LogP contribution in [0.2, 0.25) is 0 Å². The summed E-state index contributed by atoms with van der Waals surface area (Å²) in [4.78, 5) is 16.1. The standard InChI is InChI=1S/C59H89N3O11/c1-4-10-35-15-17-37-44(19-16-35)73-51-47(37)41(65)14-8-22-59(51,72)52(3,69)45-21-23-58(71)50-48(61-31-34(2)64)49(68)39-29-42(66)43(67)30-54(39)32-53(38-18-20-46(60)62-40(38)13-9-28-63)24-26-55(70,57(50,54)27-25-53)33-56(45,58)36-11-6-5-7-12-36/h18,20,24-27,34-37,39,41-47,51,61-67,69-72H,4-17,19,21-23,28-33,60H2,1-3H3. The molecule has 73 heavy (non-hydrogen) atoms. The molecule has 2 heterocycles. The van der Waals surface area contributed by atoms with Gasteiger partial charge in [0, 0.05) is 52.5 Å². The minimum Gasteiger partial charge on any atom is -0.396 e. The third-order valence-corrected chi connectivity index (χ3v) is 22.7. The van der Waals surface area contributed by atoms with Crippen LogP contribution in [0.3, 0.4) is 0 Å². The van der Waals surface area contributed by atoms with Crippen molar-refractivity contribution >= 4 is 5.78 Å². The number of dihydropyridines is 1. The number of nitrogens with one attached hydrogen (secondary N) is 2. The number of allylic oxidation sites excluding steroid dienone is 6. The number of rotatable bonds is 12. The number of carbonyl (C=O) groups is 1.